The minimum atomic E-state index is -0.880. The van der Waals surface area contributed by atoms with Crippen LogP contribution in [-0.2, 0) is 10.1 Å². The van der Waals surface area contributed by atoms with Gasteiger partial charge in [-0.25, -0.2) is 4.39 Å². The number of hydrogen-bond donors (Lipinski definition) is 1. The van der Waals surface area contributed by atoms with E-state index in [4.69, 9.17) is 4.74 Å². The molecule has 98 valence electrons. The van der Waals surface area contributed by atoms with Crippen LogP contribution >= 0.6 is 15.9 Å². The third kappa shape index (κ3) is 1.90. The first-order valence-electron chi connectivity index (χ1n) is 5.95. The van der Waals surface area contributed by atoms with Crippen molar-refractivity contribution in [2.45, 2.75) is 37.6 Å². The Morgan fingerprint density at radius 1 is 1.39 bits per heavy atom. The second-order valence-corrected chi connectivity index (χ2v) is 4.86. The van der Waals surface area contributed by atoms with Crippen LogP contribution in [0.15, 0.2) is 12.1 Å². The zero-order valence-corrected chi connectivity index (χ0v) is 11.9. The van der Waals surface area contributed by atoms with E-state index in [0.717, 1.165) is 0 Å². The van der Waals surface area contributed by atoms with Crippen LogP contribution in [0.2, 0.25) is 0 Å². The van der Waals surface area contributed by atoms with Crippen molar-refractivity contribution in [1.29, 1.82) is 0 Å². The maximum absolute atomic E-state index is 14.1. The number of ether oxygens (including phenoxy) is 1. The molecule has 1 aromatic rings. The molecule has 18 heavy (non-hydrogen) atoms. The lowest BCUT2D eigenvalue weighted by atomic mass is 9.94. The third-order valence-electron chi connectivity index (χ3n) is 3.43. The second-order valence-electron chi connectivity index (χ2n) is 4.30. The van der Waals surface area contributed by atoms with Crippen LogP contribution in [0.25, 0.3) is 0 Å². The summed E-state index contributed by atoms with van der Waals surface area (Å²) in [5, 5.41) is 3.03. The van der Waals surface area contributed by atoms with Gasteiger partial charge in [-0.2, -0.15) is 0 Å². The first-order valence-corrected chi connectivity index (χ1v) is 7.08. The molecule has 5 heteroatoms. The summed E-state index contributed by atoms with van der Waals surface area (Å²) in [5.74, 6) is -0.301. The highest BCUT2D eigenvalue weighted by Gasteiger charge is 2.42. The molecule has 1 aromatic carbocycles. The molecule has 0 atom stereocenters. The lowest BCUT2D eigenvalue weighted by Crippen LogP contribution is -2.50. The summed E-state index contributed by atoms with van der Waals surface area (Å²) in [6.45, 7) is 3.77. The summed E-state index contributed by atoms with van der Waals surface area (Å²) in [6.07, 6.45) is 1.10. The van der Waals surface area contributed by atoms with Gasteiger partial charge in [0.05, 0.1) is 0 Å². The van der Waals surface area contributed by atoms with Gasteiger partial charge in [-0.1, -0.05) is 35.8 Å². The zero-order chi connectivity index (χ0) is 13.3. The molecule has 3 nitrogen and oxygen atoms in total. The third-order valence-corrected chi connectivity index (χ3v) is 4.03. The average Bonchev–Trinajstić information content (AvgIpc) is 2.39. The molecule has 0 aromatic heterocycles. The normalized spacial score (nSPS) is 16.8. The Morgan fingerprint density at radius 2 is 2.06 bits per heavy atom. The molecule has 0 radical (unpaired) electrons. The largest absolute Gasteiger partial charge is 0.475 e. The van der Waals surface area contributed by atoms with Gasteiger partial charge < -0.3 is 10.1 Å². The SMILES string of the molecule is CCC1(CC)Oc2ccc(CBr)c(F)c2NC1=O. The van der Waals surface area contributed by atoms with Crippen LogP contribution < -0.4 is 10.1 Å². The van der Waals surface area contributed by atoms with E-state index in [1.807, 2.05) is 13.8 Å². The quantitative estimate of drug-likeness (QED) is 0.865. The number of alkyl halides is 1. The lowest BCUT2D eigenvalue weighted by molar-refractivity contribution is -0.133. The molecule has 1 heterocycles. The molecule has 0 bridgehead atoms. The van der Waals surface area contributed by atoms with Crippen LogP contribution in [0.5, 0.6) is 5.75 Å². The van der Waals surface area contributed by atoms with Gasteiger partial charge in [-0.15, -0.1) is 0 Å². The maximum atomic E-state index is 14.1. The van der Waals surface area contributed by atoms with Crippen LogP contribution in [0.1, 0.15) is 32.3 Å². The Bertz CT molecular complexity index is 486. The molecule has 0 saturated carbocycles. The van der Waals surface area contributed by atoms with Gasteiger partial charge in [-0.3, -0.25) is 4.79 Å². The highest BCUT2D eigenvalue weighted by Crippen LogP contribution is 2.39. The lowest BCUT2D eigenvalue weighted by Gasteiger charge is -2.36. The van der Waals surface area contributed by atoms with Crippen molar-refractivity contribution in [3.05, 3.63) is 23.5 Å². The fourth-order valence-corrected chi connectivity index (χ4v) is 2.54. The number of carbonyl (C=O) groups excluding carboxylic acids is 1. The van der Waals surface area contributed by atoms with E-state index < -0.39 is 11.4 Å². The highest BCUT2D eigenvalue weighted by atomic mass is 79.9. The standard InChI is InChI=1S/C13H15BrFNO2/c1-3-13(4-2)12(17)16-11-9(18-13)6-5-8(7-14)10(11)15/h5-6H,3-4,7H2,1-2H3,(H,16,17). The van der Waals surface area contributed by atoms with Crippen molar-refractivity contribution in [2.75, 3.05) is 5.32 Å². The van der Waals surface area contributed by atoms with Crippen molar-refractivity contribution < 1.29 is 13.9 Å². The van der Waals surface area contributed by atoms with Crippen LogP contribution in [0.3, 0.4) is 0 Å². The number of amides is 1. The molecule has 1 aliphatic heterocycles. The summed E-state index contributed by atoms with van der Waals surface area (Å²) in [7, 11) is 0. The van der Waals surface area contributed by atoms with Gasteiger partial charge in [0.1, 0.15) is 11.4 Å². The topological polar surface area (TPSA) is 38.3 Å². The fraction of sp³-hybridized carbons (Fsp3) is 0.462. The molecule has 0 fully saturated rings. The van der Waals surface area contributed by atoms with E-state index >= 15 is 0 Å². The molecule has 1 amide bonds. The minimum absolute atomic E-state index is 0.148. The smallest absolute Gasteiger partial charge is 0.268 e. The summed E-state index contributed by atoms with van der Waals surface area (Å²) in [4.78, 5) is 12.1. The summed E-state index contributed by atoms with van der Waals surface area (Å²) in [6, 6.07) is 3.37. The van der Waals surface area contributed by atoms with Gasteiger partial charge >= 0.3 is 0 Å². The molecule has 0 spiro atoms. The first kappa shape index (κ1) is 13.3. The van der Waals surface area contributed by atoms with E-state index in [1.54, 1.807) is 12.1 Å². The fourth-order valence-electron chi connectivity index (χ4n) is 2.11. The van der Waals surface area contributed by atoms with E-state index in [9.17, 15) is 9.18 Å². The number of hydrogen-bond acceptors (Lipinski definition) is 2. The molecule has 1 aliphatic rings. The van der Waals surface area contributed by atoms with Crippen LogP contribution in [0.4, 0.5) is 10.1 Å². The number of anilines is 1. The van der Waals surface area contributed by atoms with Crippen molar-refractivity contribution in [3.63, 3.8) is 0 Å². The Morgan fingerprint density at radius 3 is 2.61 bits per heavy atom. The second kappa shape index (κ2) is 4.88. The number of fused-ring (bicyclic) bond motifs is 1. The van der Waals surface area contributed by atoms with Gasteiger partial charge in [0.25, 0.3) is 5.91 Å². The highest BCUT2D eigenvalue weighted by molar-refractivity contribution is 9.08. The maximum Gasteiger partial charge on any atom is 0.268 e. The van der Waals surface area contributed by atoms with Crippen LogP contribution in [-0.4, -0.2) is 11.5 Å². The molecule has 0 aliphatic carbocycles. The number of nitrogens with one attached hydrogen (secondary N) is 1. The molecular formula is C13H15BrFNO2. The first-order chi connectivity index (χ1) is 8.57. The Labute approximate surface area is 114 Å². The molecule has 0 saturated heterocycles. The number of carbonyl (C=O) groups is 1. The van der Waals surface area contributed by atoms with Crippen LogP contribution in [0, 0.1) is 5.82 Å². The van der Waals surface area contributed by atoms with E-state index in [-0.39, 0.29) is 11.6 Å². The molecule has 0 unspecified atom stereocenters. The number of rotatable bonds is 3. The predicted octanol–water partition coefficient (Wildman–Crippen LogP) is 3.61. The average molecular weight is 316 g/mol. The summed E-state index contributed by atoms with van der Waals surface area (Å²) >= 11 is 3.21. The Hall–Kier alpha value is -1.10. The van der Waals surface area contributed by atoms with E-state index in [1.165, 1.54) is 0 Å². The molecule has 2 rings (SSSR count). The Balaban J connectivity index is 2.48. The number of halogens is 2. The molecular weight excluding hydrogens is 301 g/mol. The van der Waals surface area contributed by atoms with Gasteiger partial charge in [0.2, 0.25) is 0 Å². The van der Waals surface area contributed by atoms with Gasteiger partial charge in [0, 0.05) is 10.9 Å². The minimum Gasteiger partial charge on any atom is -0.475 e. The molecule has 1 N–H and O–H groups in total. The van der Waals surface area contributed by atoms with Crippen molar-refractivity contribution >= 4 is 27.5 Å². The summed E-state index contributed by atoms with van der Waals surface area (Å²) in [5.41, 5.74) is -0.234. The van der Waals surface area contributed by atoms with E-state index in [0.29, 0.717) is 29.5 Å². The monoisotopic (exact) mass is 315 g/mol. The Kier molecular flexibility index (Phi) is 3.61. The number of benzene rings is 1. The van der Waals surface area contributed by atoms with Crippen molar-refractivity contribution in [2.24, 2.45) is 0 Å². The van der Waals surface area contributed by atoms with Gasteiger partial charge in [-0.05, 0) is 18.9 Å². The summed E-state index contributed by atoms with van der Waals surface area (Å²) < 4.78 is 19.8. The van der Waals surface area contributed by atoms with Gasteiger partial charge in [0.15, 0.2) is 11.4 Å². The van der Waals surface area contributed by atoms with E-state index in [2.05, 4.69) is 21.2 Å². The zero-order valence-electron chi connectivity index (χ0n) is 10.3. The van der Waals surface area contributed by atoms with Crippen molar-refractivity contribution in [1.82, 2.24) is 0 Å². The predicted molar refractivity (Wildman–Crippen MR) is 71.6 cm³/mol. The van der Waals surface area contributed by atoms with Crippen molar-refractivity contribution in [3.8, 4) is 5.75 Å².